The highest BCUT2D eigenvalue weighted by molar-refractivity contribution is 5.82. The molecule has 4 rings (SSSR count). The molecule has 4 aliphatic rings. The number of aliphatic hydroxyl groups excluding tert-OH is 1. The van der Waals surface area contributed by atoms with Gasteiger partial charge in [0.15, 0.2) is 0 Å². The first-order valence-electron chi connectivity index (χ1n) is 11.6. The van der Waals surface area contributed by atoms with Crippen LogP contribution in [0.25, 0.3) is 0 Å². The fourth-order valence-corrected chi connectivity index (χ4v) is 5.14. The molecule has 0 aromatic heterocycles. The number of allylic oxidation sites excluding steroid dienone is 2. The second kappa shape index (κ2) is 10.2. The van der Waals surface area contributed by atoms with Gasteiger partial charge in [-0.25, -0.2) is 5.43 Å². The molecule has 0 spiro atoms. The van der Waals surface area contributed by atoms with Crippen LogP contribution in [0.15, 0.2) is 27.8 Å². The molecule has 0 aromatic carbocycles. The highest BCUT2D eigenvalue weighted by Gasteiger charge is 2.29. The van der Waals surface area contributed by atoms with Crippen molar-refractivity contribution in [3.63, 3.8) is 0 Å². The van der Waals surface area contributed by atoms with Crippen LogP contribution >= 0.6 is 0 Å². The number of hydrogen-bond donors (Lipinski definition) is 3. The lowest BCUT2D eigenvalue weighted by Gasteiger charge is -2.35. The largest absolute Gasteiger partial charge is 0.393 e. The van der Waals surface area contributed by atoms with E-state index in [9.17, 15) is 9.90 Å². The molecule has 7 heteroatoms. The van der Waals surface area contributed by atoms with E-state index in [-0.39, 0.29) is 30.1 Å². The molecule has 0 radical (unpaired) electrons. The number of nitrogens with one attached hydrogen (secondary N) is 2. The first-order chi connectivity index (χ1) is 14.6. The Kier molecular flexibility index (Phi) is 7.36. The maximum Gasteiger partial charge on any atom is 0.241 e. The molecule has 2 aliphatic carbocycles. The number of hydrazine groups is 1. The van der Waals surface area contributed by atoms with E-state index in [0.29, 0.717) is 0 Å². The quantitative estimate of drug-likeness (QED) is 0.598. The molecule has 1 fully saturated rings. The van der Waals surface area contributed by atoms with Gasteiger partial charge in [-0.3, -0.25) is 20.1 Å². The Morgan fingerprint density at radius 2 is 2.03 bits per heavy atom. The topological polar surface area (TPSA) is 86.2 Å². The van der Waals surface area contributed by atoms with Gasteiger partial charge in [0.1, 0.15) is 6.17 Å². The molecule has 1 amide bonds. The zero-order chi connectivity index (χ0) is 20.9. The van der Waals surface area contributed by atoms with Crippen molar-refractivity contribution in [2.75, 3.05) is 26.3 Å². The number of rotatable bonds is 5. The van der Waals surface area contributed by atoms with E-state index >= 15 is 0 Å². The number of carbonyl (C=O) groups excluding carboxylic acids is 1. The molecule has 0 bridgehead atoms. The van der Waals surface area contributed by atoms with Gasteiger partial charge in [0.25, 0.3) is 0 Å². The van der Waals surface area contributed by atoms with Gasteiger partial charge >= 0.3 is 0 Å². The molecule has 4 atom stereocenters. The van der Waals surface area contributed by atoms with Gasteiger partial charge in [0.05, 0.1) is 31.3 Å². The summed E-state index contributed by atoms with van der Waals surface area (Å²) in [6.45, 7) is 5.58. The number of hydrogen-bond acceptors (Lipinski definition) is 6. The standard InChI is InChI=1S/C23H36N4O3/c1-16-20(17-5-8-19(28)9-6-17)3-2-4-21(16)23(29)26-25-18-7-10-22(24-15-18)27-11-13-30-14-12-27/h5,15,18-19,21-22,25,28H,2-4,6-14H2,1H3,(H,26,29). The zero-order valence-electron chi connectivity index (χ0n) is 18.1. The minimum atomic E-state index is -0.207. The van der Waals surface area contributed by atoms with E-state index in [1.165, 1.54) is 16.7 Å². The minimum absolute atomic E-state index is 0.0600. The molecule has 2 heterocycles. The molecular weight excluding hydrogens is 380 g/mol. The lowest BCUT2D eigenvalue weighted by atomic mass is 9.78. The number of carbonyl (C=O) groups is 1. The van der Waals surface area contributed by atoms with Crippen LogP contribution in [0, 0.1) is 5.92 Å². The molecule has 2 aliphatic heterocycles. The number of aliphatic hydroxyl groups is 1. The Balaban J connectivity index is 1.30. The van der Waals surface area contributed by atoms with Crippen LogP contribution in [-0.4, -0.2) is 66.7 Å². The second-order valence-corrected chi connectivity index (χ2v) is 9.01. The molecule has 166 valence electrons. The number of ether oxygens (including phenoxy) is 1. The molecule has 7 nitrogen and oxygen atoms in total. The average molecular weight is 417 g/mol. The summed E-state index contributed by atoms with van der Waals surface area (Å²) in [5.74, 6) is -0.0134. The fraction of sp³-hybridized carbons (Fsp3) is 0.739. The summed E-state index contributed by atoms with van der Waals surface area (Å²) in [7, 11) is 0. The third-order valence-electron chi connectivity index (χ3n) is 7.03. The van der Waals surface area contributed by atoms with E-state index in [0.717, 1.165) is 77.7 Å². The van der Waals surface area contributed by atoms with Gasteiger partial charge in [-0.05, 0) is 69.4 Å². The van der Waals surface area contributed by atoms with Gasteiger partial charge in [0, 0.05) is 19.3 Å². The highest BCUT2D eigenvalue weighted by Crippen LogP contribution is 2.37. The van der Waals surface area contributed by atoms with Crippen molar-refractivity contribution < 1.29 is 14.6 Å². The van der Waals surface area contributed by atoms with Gasteiger partial charge < -0.3 is 9.84 Å². The number of aliphatic imine (C=N–C) groups is 1. The van der Waals surface area contributed by atoms with Crippen molar-refractivity contribution in [3.8, 4) is 0 Å². The van der Waals surface area contributed by atoms with Gasteiger partial charge in [-0.1, -0.05) is 11.6 Å². The predicted octanol–water partition coefficient (Wildman–Crippen LogP) is 2.09. The van der Waals surface area contributed by atoms with Crippen molar-refractivity contribution >= 4 is 12.1 Å². The Hall–Kier alpha value is -1.54. The van der Waals surface area contributed by atoms with Crippen molar-refractivity contribution in [2.45, 2.75) is 76.6 Å². The van der Waals surface area contributed by atoms with Crippen LogP contribution < -0.4 is 10.9 Å². The molecule has 30 heavy (non-hydrogen) atoms. The van der Waals surface area contributed by atoms with Crippen LogP contribution in [0.2, 0.25) is 0 Å². The van der Waals surface area contributed by atoms with Crippen molar-refractivity contribution in [1.82, 2.24) is 15.8 Å². The monoisotopic (exact) mass is 416 g/mol. The third kappa shape index (κ3) is 5.19. The second-order valence-electron chi connectivity index (χ2n) is 9.01. The van der Waals surface area contributed by atoms with E-state index in [2.05, 4.69) is 28.8 Å². The molecule has 0 aromatic rings. The highest BCUT2D eigenvalue weighted by atomic mass is 16.5. The minimum Gasteiger partial charge on any atom is -0.393 e. The molecule has 4 unspecified atom stereocenters. The van der Waals surface area contributed by atoms with E-state index in [1.807, 2.05) is 6.21 Å². The fourth-order valence-electron chi connectivity index (χ4n) is 5.14. The number of amides is 1. The van der Waals surface area contributed by atoms with Gasteiger partial charge in [0.2, 0.25) is 5.91 Å². The maximum absolute atomic E-state index is 12.9. The summed E-state index contributed by atoms with van der Waals surface area (Å²) in [6, 6.07) is 0.0844. The summed E-state index contributed by atoms with van der Waals surface area (Å²) in [6.07, 6.45) is 11.6. The normalized spacial score (nSPS) is 33.3. The third-order valence-corrected chi connectivity index (χ3v) is 7.03. The van der Waals surface area contributed by atoms with Gasteiger partial charge in [-0.2, -0.15) is 0 Å². The van der Waals surface area contributed by atoms with Crippen LogP contribution in [-0.2, 0) is 9.53 Å². The Labute approximate surface area is 179 Å². The van der Waals surface area contributed by atoms with Crippen LogP contribution in [0.1, 0.15) is 58.3 Å². The molecule has 1 saturated heterocycles. The van der Waals surface area contributed by atoms with Crippen LogP contribution in [0.5, 0.6) is 0 Å². The van der Waals surface area contributed by atoms with Crippen LogP contribution in [0.4, 0.5) is 0 Å². The Morgan fingerprint density at radius 3 is 2.73 bits per heavy atom. The van der Waals surface area contributed by atoms with Crippen LogP contribution in [0.3, 0.4) is 0 Å². The Bertz CT molecular complexity index is 711. The summed E-state index contributed by atoms with van der Waals surface area (Å²) < 4.78 is 5.42. The van der Waals surface area contributed by atoms with E-state index < -0.39 is 0 Å². The maximum atomic E-state index is 12.9. The van der Waals surface area contributed by atoms with E-state index in [1.54, 1.807) is 0 Å². The average Bonchev–Trinajstić information content (AvgIpc) is 2.79. The van der Waals surface area contributed by atoms with Crippen molar-refractivity contribution in [1.29, 1.82) is 0 Å². The summed E-state index contributed by atoms with van der Waals surface area (Å²) in [5, 5.41) is 9.76. The van der Waals surface area contributed by atoms with Crippen molar-refractivity contribution in [3.05, 3.63) is 22.8 Å². The molecule has 0 saturated carbocycles. The predicted molar refractivity (Wildman–Crippen MR) is 117 cm³/mol. The number of morpholine rings is 1. The lowest BCUT2D eigenvalue weighted by Crippen LogP contribution is -2.51. The summed E-state index contributed by atoms with van der Waals surface area (Å²) in [5.41, 5.74) is 10.1. The lowest BCUT2D eigenvalue weighted by molar-refractivity contribution is -0.125. The molecule has 3 N–H and O–H groups in total. The van der Waals surface area contributed by atoms with E-state index in [4.69, 9.17) is 9.73 Å². The first-order valence-corrected chi connectivity index (χ1v) is 11.6. The summed E-state index contributed by atoms with van der Waals surface area (Å²) >= 11 is 0. The zero-order valence-corrected chi connectivity index (χ0v) is 18.1. The van der Waals surface area contributed by atoms with Gasteiger partial charge in [-0.15, -0.1) is 0 Å². The van der Waals surface area contributed by atoms with Crippen molar-refractivity contribution in [2.24, 2.45) is 10.9 Å². The summed E-state index contributed by atoms with van der Waals surface area (Å²) in [4.78, 5) is 20.0. The smallest absolute Gasteiger partial charge is 0.241 e. The SMILES string of the molecule is CC1=C(C2=CCC(O)CC2)CCCC1C(=O)NNC1C=NC(N2CCOCC2)CC1. The number of nitrogens with zero attached hydrogens (tertiary/aromatic N) is 2. The Morgan fingerprint density at radius 1 is 1.20 bits per heavy atom. The molecular formula is C23H36N4O3. The first kappa shape index (κ1) is 21.7.